The summed E-state index contributed by atoms with van der Waals surface area (Å²) in [5.41, 5.74) is 4.60. The Labute approximate surface area is 137 Å². The Hall–Kier alpha value is -1.86. The summed E-state index contributed by atoms with van der Waals surface area (Å²) < 4.78 is 0. The molecule has 0 aliphatic heterocycles. The van der Waals surface area contributed by atoms with Crippen molar-refractivity contribution in [1.29, 1.82) is 0 Å². The van der Waals surface area contributed by atoms with Crippen molar-refractivity contribution in [3.05, 3.63) is 64.9 Å². The van der Waals surface area contributed by atoms with Crippen LogP contribution in [0.2, 0.25) is 5.15 Å². The van der Waals surface area contributed by atoms with E-state index in [9.17, 15) is 0 Å². The zero-order valence-electron chi connectivity index (χ0n) is 13.4. The van der Waals surface area contributed by atoms with Crippen LogP contribution in [0.1, 0.15) is 32.0 Å². The Morgan fingerprint density at radius 1 is 0.864 bits per heavy atom. The first-order valence-electron chi connectivity index (χ1n) is 7.53. The molecule has 0 aliphatic carbocycles. The Morgan fingerprint density at radius 2 is 1.45 bits per heavy atom. The summed E-state index contributed by atoms with van der Waals surface area (Å²) in [6.07, 6.45) is 0. The summed E-state index contributed by atoms with van der Waals surface area (Å²) in [5, 5.41) is 2.75. The van der Waals surface area contributed by atoms with Crippen molar-refractivity contribution in [3.8, 4) is 11.1 Å². The third-order valence-electron chi connectivity index (χ3n) is 3.92. The largest absolute Gasteiger partial charge is 0.239 e. The van der Waals surface area contributed by atoms with E-state index in [2.05, 4.69) is 64.1 Å². The normalized spacial score (nSPS) is 11.9. The number of hydrogen-bond acceptors (Lipinski definition) is 1. The Balaban J connectivity index is 2.44. The molecule has 0 N–H and O–H groups in total. The van der Waals surface area contributed by atoms with E-state index < -0.39 is 0 Å². The molecule has 0 aliphatic rings. The zero-order valence-corrected chi connectivity index (χ0v) is 14.2. The topological polar surface area (TPSA) is 12.9 Å². The van der Waals surface area contributed by atoms with E-state index in [-0.39, 0.29) is 5.41 Å². The molecular weight excluding hydrogens is 290 g/mol. The molecule has 112 valence electrons. The number of aryl methyl sites for hydroxylation is 1. The second kappa shape index (κ2) is 5.40. The number of halogens is 1. The van der Waals surface area contributed by atoms with E-state index in [0.717, 1.165) is 16.5 Å². The minimum Gasteiger partial charge on any atom is -0.239 e. The SMILES string of the molecule is Cc1ccc(-c2c(C(C)(C)C)nc(Cl)c3ccccc23)cc1. The average molecular weight is 310 g/mol. The van der Waals surface area contributed by atoms with Gasteiger partial charge in [-0.25, -0.2) is 4.98 Å². The van der Waals surface area contributed by atoms with E-state index >= 15 is 0 Å². The number of aromatic nitrogens is 1. The maximum Gasteiger partial charge on any atom is 0.137 e. The van der Waals surface area contributed by atoms with E-state index in [1.54, 1.807) is 0 Å². The van der Waals surface area contributed by atoms with Gasteiger partial charge in [-0.05, 0) is 17.9 Å². The lowest BCUT2D eigenvalue weighted by atomic mass is 9.84. The fraction of sp³-hybridized carbons (Fsp3) is 0.250. The highest BCUT2D eigenvalue weighted by molar-refractivity contribution is 6.34. The van der Waals surface area contributed by atoms with E-state index in [1.165, 1.54) is 16.7 Å². The monoisotopic (exact) mass is 309 g/mol. The van der Waals surface area contributed by atoms with Crippen LogP contribution < -0.4 is 0 Å². The predicted octanol–water partition coefficient (Wildman–Crippen LogP) is 6.16. The molecule has 3 rings (SSSR count). The maximum atomic E-state index is 6.44. The molecule has 0 unspecified atom stereocenters. The average Bonchev–Trinajstić information content (AvgIpc) is 2.47. The van der Waals surface area contributed by atoms with E-state index in [0.29, 0.717) is 5.15 Å². The van der Waals surface area contributed by atoms with Crippen molar-refractivity contribution < 1.29 is 0 Å². The summed E-state index contributed by atoms with van der Waals surface area (Å²) in [5.74, 6) is 0. The molecule has 0 bridgehead atoms. The number of rotatable bonds is 1. The van der Waals surface area contributed by atoms with Gasteiger partial charge < -0.3 is 0 Å². The predicted molar refractivity (Wildman–Crippen MR) is 95.6 cm³/mol. The molecule has 3 aromatic rings. The molecule has 0 amide bonds. The van der Waals surface area contributed by atoms with Crippen molar-refractivity contribution in [2.75, 3.05) is 0 Å². The molecule has 1 heterocycles. The number of fused-ring (bicyclic) bond motifs is 1. The number of benzene rings is 2. The first-order chi connectivity index (χ1) is 10.4. The lowest BCUT2D eigenvalue weighted by molar-refractivity contribution is 0.572. The molecule has 22 heavy (non-hydrogen) atoms. The molecule has 0 saturated carbocycles. The molecular formula is C20H20ClN. The highest BCUT2D eigenvalue weighted by atomic mass is 35.5. The first kappa shape index (κ1) is 15.1. The van der Waals surface area contributed by atoms with Crippen LogP contribution in [0.3, 0.4) is 0 Å². The smallest absolute Gasteiger partial charge is 0.137 e. The van der Waals surface area contributed by atoms with Gasteiger partial charge in [0.25, 0.3) is 0 Å². The molecule has 2 heteroatoms. The third kappa shape index (κ3) is 2.62. The van der Waals surface area contributed by atoms with Gasteiger partial charge in [0.2, 0.25) is 0 Å². The molecule has 1 aromatic heterocycles. The van der Waals surface area contributed by atoms with Gasteiger partial charge in [0.05, 0.1) is 5.69 Å². The number of nitrogens with zero attached hydrogens (tertiary/aromatic N) is 1. The Bertz CT molecular complexity index is 827. The second-order valence-electron chi connectivity index (χ2n) is 6.79. The van der Waals surface area contributed by atoms with Gasteiger partial charge in [0.15, 0.2) is 0 Å². The van der Waals surface area contributed by atoms with Gasteiger partial charge in [0.1, 0.15) is 5.15 Å². The number of pyridine rings is 1. The fourth-order valence-electron chi connectivity index (χ4n) is 2.78. The minimum atomic E-state index is -0.0755. The lowest BCUT2D eigenvalue weighted by Crippen LogP contribution is -2.15. The Kier molecular flexibility index (Phi) is 3.70. The second-order valence-corrected chi connectivity index (χ2v) is 7.15. The molecule has 0 saturated heterocycles. The van der Waals surface area contributed by atoms with Crippen LogP contribution in [-0.4, -0.2) is 4.98 Å². The van der Waals surface area contributed by atoms with Crippen molar-refractivity contribution in [2.45, 2.75) is 33.1 Å². The van der Waals surface area contributed by atoms with Crippen molar-refractivity contribution >= 4 is 22.4 Å². The lowest BCUT2D eigenvalue weighted by Gasteiger charge is -2.24. The molecule has 0 radical (unpaired) electrons. The van der Waals surface area contributed by atoms with Gasteiger partial charge in [-0.15, -0.1) is 0 Å². The Morgan fingerprint density at radius 3 is 2.05 bits per heavy atom. The van der Waals surface area contributed by atoms with Gasteiger partial charge in [0, 0.05) is 16.4 Å². The van der Waals surface area contributed by atoms with E-state index in [1.807, 2.05) is 12.1 Å². The van der Waals surface area contributed by atoms with Gasteiger partial charge in [-0.2, -0.15) is 0 Å². The summed E-state index contributed by atoms with van der Waals surface area (Å²) >= 11 is 6.44. The summed E-state index contributed by atoms with van der Waals surface area (Å²) in [6.45, 7) is 8.64. The van der Waals surface area contributed by atoms with Crippen LogP contribution in [0, 0.1) is 6.92 Å². The highest BCUT2D eigenvalue weighted by Crippen LogP contribution is 2.39. The fourth-order valence-corrected chi connectivity index (χ4v) is 3.03. The van der Waals surface area contributed by atoms with Gasteiger partial charge in [-0.3, -0.25) is 0 Å². The maximum absolute atomic E-state index is 6.44. The molecule has 2 aromatic carbocycles. The molecule has 0 spiro atoms. The standard InChI is InChI=1S/C20H20ClN/c1-13-9-11-14(12-10-13)17-15-7-5-6-8-16(15)19(21)22-18(17)20(2,3)4/h5-12H,1-4H3. The summed E-state index contributed by atoms with van der Waals surface area (Å²) in [6, 6.07) is 16.9. The van der Waals surface area contributed by atoms with Crippen LogP contribution in [0.25, 0.3) is 21.9 Å². The summed E-state index contributed by atoms with van der Waals surface area (Å²) in [7, 11) is 0. The molecule has 0 atom stereocenters. The highest BCUT2D eigenvalue weighted by Gasteiger charge is 2.24. The molecule has 1 nitrogen and oxygen atoms in total. The zero-order chi connectivity index (χ0) is 15.9. The van der Waals surface area contributed by atoms with Gasteiger partial charge >= 0.3 is 0 Å². The van der Waals surface area contributed by atoms with E-state index in [4.69, 9.17) is 16.6 Å². The van der Waals surface area contributed by atoms with Crippen LogP contribution in [0.4, 0.5) is 0 Å². The number of hydrogen-bond donors (Lipinski definition) is 0. The quantitative estimate of drug-likeness (QED) is 0.490. The van der Waals surface area contributed by atoms with Gasteiger partial charge in [-0.1, -0.05) is 86.5 Å². The van der Waals surface area contributed by atoms with Crippen LogP contribution in [-0.2, 0) is 5.41 Å². The van der Waals surface area contributed by atoms with Crippen molar-refractivity contribution in [2.24, 2.45) is 0 Å². The van der Waals surface area contributed by atoms with Crippen molar-refractivity contribution in [1.82, 2.24) is 4.98 Å². The van der Waals surface area contributed by atoms with Crippen LogP contribution >= 0.6 is 11.6 Å². The minimum absolute atomic E-state index is 0.0755. The summed E-state index contributed by atoms with van der Waals surface area (Å²) in [4.78, 5) is 4.74. The van der Waals surface area contributed by atoms with Crippen molar-refractivity contribution in [3.63, 3.8) is 0 Å². The molecule has 0 fully saturated rings. The first-order valence-corrected chi connectivity index (χ1v) is 7.91. The van der Waals surface area contributed by atoms with Crippen LogP contribution in [0.5, 0.6) is 0 Å². The third-order valence-corrected chi connectivity index (χ3v) is 4.20. The van der Waals surface area contributed by atoms with Crippen LogP contribution in [0.15, 0.2) is 48.5 Å².